The highest BCUT2D eigenvalue weighted by Crippen LogP contribution is 2.55. The van der Waals surface area contributed by atoms with Gasteiger partial charge in [-0.15, -0.1) is 0 Å². The lowest BCUT2D eigenvalue weighted by atomic mass is 9.76. The van der Waals surface area contributed by atoms with Gasteiger partial charge >= 0.3 is 6.03 Å². The molecule has 0 bridgehead atoms. The number of carbonyl (C=O) groups excluding carboxylic acids is 3. The summed E-state index contributed by atoms with van der Waals surface area (Å²) in [5.74, 6) is -0.0620. The zero-order chi connectivity index (χ0) is 42.5. The Kier molecular flexibility index (Phi) is 19.7. The van der Waals surface area contributed by atoms with Crippen molar-refractivity contribution < 1.29 is 24.0 Å². The van der Waals surface area contributed by atoms with Crippen molar-refractivity contribution in [3.05, 3.63) is 69.8 Å². The molecule has 59 heavy (non-hydrogen) atoms. The van der Waals surface area contributed by atoms with E-state index in [1.54, 1.807) is 23.1 Å². The maximum absolute atomic E-state index is 14.7. The fourth-order valence-corrected chi connectivity index (χ4v) is 8.48. The molecule has 3 N–H and O–H groups in total. The van der Waals surface area contributed by atoms with Gasteiger partial charge in [-0.2, -0.15) is 0 Å². The summed E-state index contributed by atoms with van der Waals surface area (Å²) in [6.07, 6.45) is 27.8. The number of urea groups is 1. The number of nitrogens with one attached hydrogen (secondary N) is 3. The van der Waals surface area contributed by atoms with Crippen LogP contribution in [0, 0.1) is 10.1 Å². The van der Waals surface area contributed by atoms with Gasteiger partial charge in [-0.3, -0.25) is 24.6 Å². The van der Waals surface area contributed by atoms with Crippen LogP contribution < -0.4 is 25.6 Å². The maximum Gasteiger partial charge on any atom is 0.326 e. The number of para-hydroxylation sites is 1. The number of rotatable bonds is 28. The molecule has 326 valence electrons. The molecular formula is C48H73N5O6. The lowest BCUT2D eigenvalue weighted by Gasteiger charge is -2.46. The Morgan fingerprint density at radius 2 is 1.29 bits per heavy atom. The number of ether oxygens (including phenoxy) is 1. The van der Waals surface area contributed by atoms with Gasteiger partial charge in [0.15, 0.2) is 0 Å². The summed E-state index contributed by atoms with van der Waals surface area (Å²) in [4.78, 5) is 54.2. The van der Waals surface area contributed by atoms with Crippen LogP contribution in [0.3, 0.4) is 0 Å². The first kappa shape index (κ1) is 47.3. The molecular weight excluding hydrogens is 743 g/mol. The van der Waals surface area contributed by atoms with Gasteiger partial charge in [-0.25, -0.2) is 4.79 Å². The Morgan fingerprint density at radius 3 is 1.86 bits per heavy atom. The Morgan fingerprint density at radius 1 is 0.746 bits per heavy atom. The zero-order valence-corrected chi connectivity index (χ0v) is 36.6. The summed E-state index contributed by atoms with van der Waals surface area (Å²) in [6, 6.07) is 10.5. The number of carbonyl (C=O) groups is 3. The first-order valence-electron chi connectivity index (χ1n) is 23.0. The molecule has 0 saturated heterocycles. The molecule has 2 aromatic carbocycles. The van der Waals surface area contributed by atoms with Gasteiger partial charge in [0.05, 0.1) is 16.0 Å². The average Bonchev–Trinajstić information content (AvgIpc) is 3.41. The first-order valence-corrected chi connectivity index (χ1v) is 23.0. The SMILES string of the molecule is CCCCCCCCCCCCNC(=O)CC[C@H](NC(=O)N1c2ccccc2C(C)(C)C12C=Cc1cc([N+](=O)[O-])ccc1O2)C(=O)NCCCCCCCCCCCC. The normalized spacial score (nSPS) is 16.6. The van der Waals surface area contributed by atoms with E-state index in [0.717, 1.165) is 37.7 Å². The number of hydrogen-bond acceptors (Lipinski definition) is 6. The molecule has 11 nitrogen and oxygen atoms in total. The molecule has 0 saturated carbocycles. The lowest BCUT2D eigenvalue weighted by molar-refractivity contribution is -0.384. The standard InChI is InChI=1S/C48H73N5O6/c1-5-7-9-11-13-15-17-19-21-25-35-49-44(54)32-30-41(45(55)50-36-26-22-20-18-16-14-12-10-8-6-2)51-46(56)52-42-28-24-23-27-40(42)47(3,4)48(52)34-33-38-37-39(53(57)58)29-31-43(38)59-48/h23-24,27-29,31,33-34,37,41H,5-22,25-26,30,32,35-36H2,1-4H3,(H,49,54)(H,50,55)(H,51,56)/t41-,48?/m0/s1. The van der Waals surface area contributed by atoms with E-state index in [9.17, 15) is 24.5 Å². The van der Waals surface area contributed by atoms with Crippen LogP contribution >= 0.6 is 0 Å². The Hall–Kier alpha value is -4.41. The molecule has 2 aromatic rings. The molecule has 4 rings (SSSR count). The van der Waals surface area contributed by atoms with Gasteiger partial charge < -0.3 is 20.7 Å². The largest absolute Gasteiger partial charge is 0.462 e. The highest BCUT2D eigenvalue weighted by molar-refractivity contribution is 6.00. The molecule has 2 aliphatic rings. The number of amides is 4. The molecule has 2 aliphatic heterocycles. The van der Waals surface area contributed by atoms with E-state index in [0.29, 0.717) is 30.1 Å². The topological polar surface area (TPSA) is 143 Å². The van der Waals surface area contributed by atoms with Gasteiger partial charge in [0.25, 0.3) is 5.69 Å². The second-order valence-corrected chi connectivity index (χ2v) is 17.1. The fourth-order valence-electron chi connectivity index (χ4n) is 8.48. The molecule has 0 fully saturated rings. The summed E-state index contributed by atoms with van der Waals surface area (Å²) in [5, 5.41) is 20.6. The third-order valence-electron chi connectivity index (χ3n) is 12.2. The van der Waals surface area contributed by atoms with Crippen LogP contribution in [0.15, 0.2) is 48.5 Å². The Balaban J connectivity index is 1.39. The molecule has 0 aromatic heterocycles. The summed E-state index contributed by atoms with van der Waals surface area (Å²) in [6.45, 7) is 9.54. The third kappa shape index (κ3) is 13.6. The Bertz CT molecular complexity index is 1680. The van der Waals surface area contributed by atoms with Gasteiger partial charge in [0, 0.05) is 37.2 Å². The first-order chi connectivity index (χ1) is 28.6. The van der Waals surface area contributed by atoms with E-state index in [2.05, 4.69) is 29.8 Å². The number of nitro benzene ring substituents is 1. The van der Waals surface area contributed by atoms with Crippen molar-refractivity contribution in [2.24, 2.45) is 0 Å². The predicted octanol–water partition coefficient (Wildman–Crippen LogP) is 11.4. The van der Waals surface area contributed by atoms with Crippen LogP contribution in [0.1, 0.15) is 180 Å². The molecule has 0 radical (unpaired) electrons. The summed E-state index contributed by atoms with van der Waals surface area (Å²) in [7, 11) is 0. The number of non-ortho nitro benzene ring substituents is 1. The number of fused-ring (bicyclic) bond motifs is 2. The summed E-state index contributed by atoms with van der Waals surface area (Å²) < 4.78 is 6.73. The minimum absolute atomic E-state index is 0.0595. The molecule has 1 spiro atoms. The van der Waals surface area contributed by atoms with E-state index < -0.39 is 28.1 Å². The smallest absolute Gasteiger partial charge is 0.326 e. The van der Waals surface area contributed by atoms with E-state index >= 15 is 0 Å². The Labute approximate surface area is 354 Å². The van der Waals surface area contributed by atoms with Crippen molar-refractivity contribution in [1.82, 2.24) is 16.0 Å². The monoisotopic (exact) mass is 816 g/mol. The molecule has 2 heterocycles. The zero-order valence-electron chi connectivity index (χ0n) is 36.6. The number of nitro groups is 1. The van der Waals surface area contributed by atoms with Crippen LogP contribution in [0.5, 0.6) is 5.75 Å². The van der Waals surface area contributed by atoms with Crippen molar-refractivity contribution in [2.45, 2.75) is 186 Å². The van der Waals surface area contributed by atoms with E-state index in [4.69, 9.17) is 4.74 Å². The van der Waals surface area contributed by atoms with Crippen LogP contribution in [0.4, 0.5) is 16.2 Å². The summed E-state index contributed by atoms with van der Waals surface area (Å²) in [5.41, 5.74) is -0.144. The number of anilines is 1. The van der Waals surface area contributed by atoms with E-state index in [-0.39, 0.29) is 30.3 Å². The van der Waals surface area contributed by atoms with Crippen LogP contribution in [0.2, 0.25) is 0 Å². The number of unbranched alkanes of at least 4 members (excludes halogenated alkanes) is 18. The quantitative estimate of drug-likeness (QED) is 0.0443. The molecule has 4 amide bonds. The third-order valence-corrected chi connectivity index (χ3v) is 12.2. The van der Waals surface area contributed by atoms with Crippen LogP contribution in [0.25, 0.3) is 6.08 Å². The second kappa shape index (κ2) is 24.6. The van der Waals surface area contributed by atoms with Crippen LogP contribution in [-0.4, -0.2) is 47.6 Å². The molecule has 0 aliphatic carbocycles. The number of nitrogens with zero attached hydrogens (tertiary/aromatic N) is 2. The average molecular weight is 816 g/mol. The number of benzene rings is 2. The minimum Gasteiger partial charge on any atom is -0.462 e. The van der Waals surface area contributed by atoms with Crippen molar-refractivity contribution in [3.63, 3.8) is 0 Å². The van der Waals surface area contributed by atoms with Crippen molar-refractivity contribution in [2.75, 3.05) is 18.0 Å². The van der Waals surface area contributed by atoms with Crippen molar-refractivity contribution in [3.8, 4) is 5.75 Å². The van der Waals surface area contributed by atoms with Gasteiger partial charge in [-0.05, 0) is 63.0 Å². The van der Waals surface area contributed by atoms with Crippen molar-refractivity contribution in [1.29, 1.82) is 0 Å². The summed E-state index contributed by atoms with van der Waals surface area (Å²) >= 11 is 0. The van der Waals surface area contributed by atoms with Gasteiger partial charge in [0.1, 0.15) is 11.8 Å². The molecule has 1 unspecified atom stereocenters. The highest BCUT2D eigenvalue weighted by atomic mass is 16.6. The van der Waals surface area contributed by atoms with Gasteiger partial charge in [-0.1, -0.05) is 148 Å². The minimum atomic E-state index is -1.35. The molecule has 2 atom stereocenters. The fraction of sp³-hybridized carbons (Fsp3) is 0.646. The van der Waals surface area contributed by atoms with Crippen LogP contribution in [-0.2, 0) is 15.0 Å². The van der Waals surface area contributed by atoms with Gasteiger partial charge in [0.2, 0.25) is 17.5 Å². The van der Waals surface area contributed by atoms with E-state index in [1.165, 1.54) is 108 Å². The predicted molar refractivity (Wildman–Crippen MR) is 239 cm³/mol. The lowest BCUT2D eigenvalue weighted by Crippen LogP contribution is -2.64. The molecule has 11 heteroatoms. The second-order valence-electron chi connectivity index (χ2n) is 17.1. The van der Waals surface area contributed by atoms with E-state index in [1.807, 2.05) is 38.1 Å². The number of hydrogen-bond donors (Lipinski definition) is 3. The highest BCUT2D eigenvalue weighted by Gasteiger charge is 2.61. The van der Waals surface area contributed by atoms with Crippen molar-refractivity contribution >= 4 is 35.3 Å². The maximum atomic E-state index is 14.7.